The number of carbonyl (C=O) groups is 2. The van der Waals surface area contributed by atoms with Gasteiger partial charge in [0, 0.05) is 10.5 Å². The predicted molar refractivity (Wildman–Crippen MR) is 83.8 cm³/mol. The topological polar surface area (TPSA) is 46.2 Å². The Hall–Kier alpha value is -1.90. The highest BCUT2D eigenvalue weighted by Gasteiger charge is 2.22. The Labute approximate surface area is 137 Å². The van der Waals surface area contributed by atoms with Crippen LogP contribution in [0, 0.1) is 21.0 Å². The number of hydrogen-bond donors (Lipinski definition) is 1. The molecule has 0 saturated carbocycles. The quantitative estimate of drug-likeness (QED) is 0.459. The molecule has 0 aliphatic carbocycles. The lowest BCUT2D eigenvalue weighted by Crippen LogP contribution is -2.14. The van der Waals surface area contributed by atoms with Crippen LogP contribution in [-0.4, -0.2) is 11.6 Å². The Balaban J connectivity index is 2.55. The zero-order valence-electron chi connectivity index (χ0n) is 11.2. The van der Waals surface area contributed by atoms with Gasteiger partial charge in [0.05, 0.1) is 16.9 Å². The molecule has 22 heavy (non-hydrogen) atoms. The first-order valence-corrected chi connectivity index (χ1v) is 7.14. The fourth-order valence-electron chi connectivity index (χ4n) is 1.78. The van der Waals surface area contributed by atoms with Gasteiger partial charge < -0.3 is 5.32 Å². The molecular weight excluding hydrogens is 410 g/mol. The molecule has 0 atom stereocenters. The second kappa shape index (κ2) is 6.47. The molecule has 2 aromatic rings. The molecule has 0 radical (unpaired) electrons. The molecule has 3 nitrogen and oxygen atoms in total. The van der Waals surface area contributed by atoms with E-state index in [4.69, 9.17) is 0 Å². The molecule has 0 aromatic heterocycles. The minimum Gasteiger partial charge on any atom is -0.350 e. The number of hydrogen-bond acceptors (Lipinski definition) is 3. The van der Waals surface area contributed by atoms with Crippen molar-refractivity contribution in [3.05, 3.63) is 56.9 Å². The molecule has 0 unspecified atom stereocenters. The lowest BCUT2D eigenvalue weighted by atomic mass is 10.0. The summed E-state index contributed by atoms with van der Waals surface area (Å²) in [6.07, 6.45) is 0. The minimum atomic E-state index is -1.36. The molecule has 1 N–H and O–H groups in total. The van der Waals surface area contributed by atoms with Crippen molar-refractivity contribution in [3.8, 4) is 0 Å². The average Bonchev–Trinajstić information content (AvgIpc) is 2.45. The number of benzene rings is 2. The van der Waals surface area contributed by atoms with Gasteiger partial charge >= 0.3 is 0 Å². The number of ketones is 2. The molecule has 0 spiro atoms. The molecule has 0 aliphatic rings. The third-order valence-electron chi connectivity index (χ3n) is 2.85. The fraction of sp³-hybridized carbons (Fsp3) is 0.0667. The molecule has 0 heterocycles. The first kappa shape index (κ1) is 16.5. The number of carbonyl (C=O) groups excluding carboxylic acids is 2. The van der Waals surface area contributed by atoms with Crippen LogP contribution in [0.4, 0.5) is 24.5 Å². The van der Waals surface area contributed by atoms with Crippen LogP contribution in [0.1, 0.15) is 17.3 Å². The van der Waals surface area contributed by atoms with Gasteiger partial charge in [-0.2, -0.15) is 0 Å². The lowest BCUT2D eigenvalue weighted by Gasteiger charge is -2.13. The molecule has 2 rings (SSSR count). The summed E-state index contributed by atoms with van der Waals surface area (Å²) >= 11 is 1.89. The van der Waals surface area contributed by atoms with E-state index in [9.17, 15) is 22.8 Å². The number of anilines is 2. The maximum atomic E-state index is 14.0. The van der Waals surface area contributed by atoms with Crippen molar-refractivity contribution >= 4 is 45.5 Å². The van der Waals surface area contributed by atoms with E-state index < -0.39 is 34.7 Å². The van der Waals surface area contributed by atoms with Crippen molar-refractivity contribution in [2.24, 2.45) is 0 Å². The first-order valence-electron chi connectivity index (χ1n) is 6.06. The van der Waals surface area contributed by atoms with E-state index in [2.05, 4.69) is 5.32 Å². The summed E-state index contributed by atoms with van der Waals surface area (Å²) < 4.78 is 41.8. The van der Waals surface area contributed by atoms with Crippen LogP contribution in [0.3, 0.4) is 0 Å². The smallest absolute Gasteiger partial charge is 0.230 e. The maximum absolute atomic E-state index is 14.0. The summed E-state index contributed by atoms with van der Waals surface area (Å²) in [7, 11) is 0. The highest BCUT2D eigenvalue weighted by atomic mass is 127. The van der Waals surface area contributed by atoms with E-state index in [0.29, 0.717) is 3.57 Å². The van der Waals surface area contributed by atoms with E-state index in [1.807, 2.05) is 22.6 Å². The number of halogens is 4. The zero-order valence-corrected chi connectivity index (χ0v) is 13.4. The molecule has 0 fully saturated rings. The van der Waals surface area contributed by atoms with Gasteiger partial charge in [-0.25, -0.2) is 13.2 Å². The Morgan fingerprint density at radius 1 is 1.05 bits per heavy atom. The van der Waals surface area contributed by atoms with Crippen LogP contribution in [-0.2, 0) is 4.79 Å². The second-order valence-electron chi connectivity index (χ2n) is 4.42. The van der Waals surface area contributed by atoms with Crippen LogP contribution >= 0.6 is 22.6 Å². The largest absolute Gasteiger partial charge is 0.350 e. The van der Waals surface area contributed by atoms with Crippen LogP contribution in [0.15, 0.2) is 30.3 Å². The van der Waals surface area contributed by atoms with E-state index >= 15 is 0 Å². The van der Waals surface area contributed by atoms with Crippen molar-refractivity contribution < 1.29 is 22.8 Å². The molecule has 0 aliphatic heterocycles. The van der Waals surface area contributed by atoms with Crippen LogP contribution in [0.5, 0.6) is 0 Å². The normalized spacial score (nSPS) is 10.4. The highest BCUT2D eigenvalue weighted by molar-refractivity contribution is 14.1. The molecule has 7 heteroatoms. The number of rotatable bonds is 4. The highest BCUT2D eigenvalue weighted by Crippen LogP contribution is 2.28. The Bertz CT molecular complexity index is 778. The molecule has 0 bridgehead atoms. The summed E-state index contributed by atoms with van der Waals surface area (Å²) in [6.45, 7) is 1.01. The van der Waals surface area contributed by atoms with Gasteiger partial charge in [-0.3, -0.25) is 9.59 Å². The van der Waals surface area contributed by atoms with Gasteiger partial charge in [-0.15, -0.1) is 0 Å². The van der Waals surface area contributed by atoms with Gasteiger partial charge in [0.25, 0.3) is 0 Å². The summed E-state index contributed by atoms with van der Waals surface area (Å²) in [5.74, 6) is -5.10. The van der Waals surface area contributed by atoms with Gasteiger partial charge in [-0.1, -0.05) is 0 Å². The third-order valence-corrected chi connectivity index (χ3v) is 3.52. The Kier molecular flexibility index (Phi) is 4.84. The van der Waals surface area contributed by atoms with Crippen molar-refractivity contribution in [1.29, 1.82) is 0 Å². The molecule has 2 aromatic carbocycles. The molecular formula is C15H9F3INO2. The van der Waals surface area contributed by atoms with Crippen molar-refractivity contribution in [2.45, 2.75) is 6.92 Å². The monoisotopic (exact) mass is 419 g/mol. The number of Topliss-reactive ketones (excluding diaryl/α,β-unsaturated/α-hetero) is 2. The summed E-state index contributed by atoms with van der Waals surface area (Å²) in [5.41, 5.74) is -1.06. The fourth-order valence-corrected chi connectivity index (χ4v) is 2.23. The van der Waals surface area contributed by atoms with Crippen LogP contribution in [0.25, 0.3) is 0 Å². The molecule has 0 amide bonds. The lowest BCUT2D eigenvalue weighted by molar-refractivity contribution is -0.113. The number of nitrogens with one attached hydrogen (secondary N) is 1. The Morgan fingerprint density at radius 2 is 1.73 bits per heavy atom. The van der Waals surface area contributed by atoms with Crippen LogP contribution < -0.4 is 5.32 Å². The van der Waals surface area contributed by atoms with E-state index in [0.717, 1.165) is 19.1 Å². The Morgan fingerprint density at radius 3 is 2.32 bits per heavy atom. The minimum absolute atomic E-state index is 0.137. The predicted octanol–water partition coefficient (Wildman–Crippen LogP) is 4.22. The van der Waals surface area contributed by atoms with E-state index in [1.165, 1.54) is 12.1 Å². The van der Waals surface area contributed by atoms with Gasteiger partial charge in [-0.05, 0) is 52.9 Å². The third kappa shape index (κ3) is 3.29. The maximum Gasteiger partial charge on any atom is 0.230 e. The summed E-state index contributed by atoms with van der Waals surface area (Å²) in [5, 5.41) is 2.35. The standard InChI is InChI=1S/C15H9F3INO2/c1-7(21)15(22)9-3-4-10(16)13(18)14(9)20-12-5-2-8(19)6-11(12)17/h2-6,20H,1H3. The van der Waals surface area contributed by atoms with E-state index in [1.54, 1.807) is 6.07 Å². The van der Waals surface area contributed by atoms with Gasteiger partial charge in [0.15, 0.2) is 17.4 Å². The van der Waals surface area contributed by atoms with Crippen molar-refractivity contribution in [2.75, 3.05) is 5.32 Å². The average molecular weight is 419 g/mol. The molecule has 114 valence electrons. The molecule has 0 saturated heterocycles. The van der Waals surface area contributed by atoms with Crippen molar-refractivity contribution in [3.63, 3.8) is 0 Å². The summed E-state index contributed by atoms with van der Waals surface area (Å²) in [4.78, 5) is 23.0. The zero-order chi connectivity index (χ0) is 16.4. The van der Waals surface area contributed by atoms with E-state index in [-0.39, 0.29) is 11.3 Å². The van der Waals surface area contributed by atoms with Crippen molar-refractivity contribution in [1.82, 2.24) is 0 Å². The second-order valence-corrected chi connectivity index (χ2v) is 5.66. The van der Waals surface area contributed by atoms with Gasteiger partial charge in [0.1, 0.15) is 5.82 Å². The first-order chi connectivity index (χ1) is 10.3. The van der Waals surface area contributed by atoms with Gasteiger partial charge in [0.2, 0.25) is 5.78 Å². The summed E-state index contributed by atoms with van der Waals surface area (Å²) in [6, 6.07) is 5.78. The SMILES string of the molecule is CC(=O)C(=O)c1ccc(F)c(F)c1Nc1ccc(I)cc1F. The van der Waals surface area contributed by atoms with Crippen LogP contribution in [0.2, 0.25) is 0 Å².